The van der Waals surface area contributed by atoms with Gasteiger partial charge in [0.2, 0.25) is 5.91 Å². The molecule has 0 heterocycles. The lowest BCUT2D eigenvalue weighted by molar-refractivity contribution is -0.139. The summed E-state index contributed by atoms with van der Waals surface area (Å²) in [6.07, 6.45) is -2.33. The first-order chi connectivity index (χ1) is 14.7. The number of carbonyl (C=O) groups is 2. The maximum absolute atomic E-state index is 12.7. The molecule has 0 saturated heterocycles. The number of hydrogen-bond acceptors (Lipinski definition) is 4. The normalized spacial score (nSPS) is 11.7. The van der Waals surface area contributed by atoms with E-state index in [9.17, 15) is 22.8 Å². The Balaban J connectivity index is 2.18. The Morgan fingerprint density at radius 2 is 1.74 bits per heavy atom. The summed E-state index contributed by atoms with van der Waals surface area (Å²) in [5.41, 5.74) is 1.22. The van der Waals surface area contributed by atoms with Crippen molar-refractivity contribution in [3.05, 3.63) is 64.7 Å². The van der Waals surface area contributed by atoms with Crippen LogP contribution in [0.3, 0.4) is 0 Å². The van der Waals surface area contributed by atoms with Crippen molar-refractivity contribution < 1.29 is 32.2 Å². The summed E-state index contributed by atoms with van der Waals surface area (Å²) < 4.78 is 48.3. The summed E-state index contributed by atoms with van der Waals surface area (Å²) in [6, 6.07) is 9.37. The van der Waals surface area contributed by atoms with E-state index < -0.39 is 23.6 Å². The predicted octanol–water partition coefficient (Wildman–Crippen LogP) is 5.25. The zero-order chi connectivity index (χ0) is 23.0. The molecule has 0 aliphatic carbocycles. The number of halogens is 3. The van der Waals surface area contributed by atoms with Gasteiger partial charge in [-0.05, 0) is 61.4 Å². The summed E-state index contributed by atoms with van der Waals surface area (Å²) >= 11 is 0. The van der Waals surface area contributed by atoms with Crippen molar-refractivity contribution in [2.24, 2.45) is 0 Å². The van der Waals surface area contributed by atoms with Crippen LogP contribution in [0, 0.1) is 0 Å². The van der Waals surface area contributed by atoms with Crippen molar-refractivity contribution >= 4 is 23.6 Å². The average Bonchev–Trinajstić information content (AvgIpc) is 2.72. The van der Waals surface area contributed by atoms with Crippen LogP contribution < -0.4 is 10.1 Å². The molecule has 166 valence electrons. The van der Waals surface area contributed by atoms with E-state index in [2.05, 4.69) is 5.32 Å². The molecule has 1 N–H and O–H groups in total. The number of amides is 1. The van der Waals surface area contributed by atoms with Gasteiger partial charge in [-0.2, -0.15) is 13.2 Å². The van der Waals surface area contributed by atoms with Gasteiger partial charge in [0.1, 0.15) is 5.75 Å². The second-order valence-electron chi connectivity index (χ2n) is 6.61. The molecule has 0 aliphatic rings. The third-order valence-electron chi connectivity index (χ3n) is 4.41. The Hall–Kier alpha value is -3.29. The molecule has 0 bridgehead atoms. The van der Waals surface area contributed by atoms with Gasteiger partial charge in [0.15, 0.2) is 0 Å². The van der Waals surface area contributed by atoms with E-state index in [1.807, 2.05) is 6.92 Å². The summed E-state index contributed by atoms with van der Waals surface area (Å²) in [5, 5.41) is 2.58. The highest BCUT2D eigenvalue weighted by molar-refractivity contribution is 5.94. The number of anilines is 1. The monoisotopic (exact) mass is 435 g/mol. The summed E-state index contributed by atoms with van der Waals surface area (Å²) in [7, 11) is 1.47. The van der Waals surface area contributed by atoms with Crippen molar-refractivity contribution in [3.8, 4) is 5.75 Å². The second kappa shape index (κ2) is 10.7. The number of hydrogen-bond donors (Lipinski definition) is 1. The highest BCUT2D eigenvalue weighted by Crippen LogP contribution is 2.30. The van der Waals surface area contributed by atoms with Gasteiger partial charge < -0.3 is 14.8 Å². The van der Waals surface area contributed by atoms with E-state index in [-0.39, 0.29) is 18.7 Å². The SMILES string of the molecule is CCOC(=O)/C(=C/c1ccc(OC)c(CC(=O)Nc2ccc(C(F)(F)F)cc2)c1)CC. The van der Waals surface area contributed by atoms with Crippen LogP contribution in [0.25, 0.3) is 6.08 Å². The molecule has 8 heteroatoms. The van der Waals surface area contributed by atoms with Crippen molar-refractivity contribution in [2.75, 3.05) is 19.0 Å². The van der Waals surface area contributed by atoms with E-state index in [1.165, 1.54) is 19.2 Å². The third-order valence-corrected chi connectivity index (χ3v) is 4.41. The quantitative estimate of drug-likeness (QED) is 0.454. The maximum Gasteiger partial charge on any atom is 0.416 e. The Kier molecular flexibility index (Phi) is 8.24. The number of methoxy groups -OCH3 is 1. The van der Waals surface area contributed by atoms with Crippen LogP contribution in [0.15, 0.2) is 48.0 Å². The van der Waals surface area contributed by atoms with Crippen LogP contribution in [0.4, 0.5) is 18.9 Å². The van der Waals surface area contributed by atoms with E-state index in [0.717, 1.165) is 12.1 Å². The summed E-state index contributed by atoms with van der Waals surface area (Å²) in [5.74, 6) is -0.336. The molecule has 5 nitrogen and oxygen atoms in total. The molecule has 2 rings (SSSR count). The minimum atomic E-state index is -4.44. The fraction of sp³-hybridized carbons (Fsp3) is 0.304. The fourth-order valence-electron chi connectivity index (χ4n) is 2.88. The topological polar surface area (TPSA) is 64.6 Å². The van der Waals surface area contributed by atoms with Crippen LogP contribution in [0.1, 0.15) is 37.0 Å². The van der Waals surface area contributed by atoms with Gasteiger partial charge in [0.25, 0.3) is 0 Å². The van der Waals surface area contributed by atoms with E-state index in [4.69, 9.17) is 9.47 Å². The Morgan fingerprint density at radius 1 is 1.06 bits per heavy atom. The van der Waals surface area contributed by atoms with Gasteiger partial charge in [-0.15, -0.1) is 0 Å². The number of esters is 1. The molecule has 1 amide bonds. The fourth-order valence-corrected chi connectivity index (χ4v) is 2.88. The molecular formula is C23H24F3NO4. The number of carbonyl (C=O) groups excluding carboxylic acids is 2. The van der Waals surface area contributed by atoms with Crippen molar-refractivity contribution in [1.82, 2.24) is 0 Å². The van der Waals surface area contributed by atoms with Gasteiger partial charge >= 0.3 is 12.1 Å². The first kappa shape index (κ1) is 24.0. The number of rotatable bonds is 8. The Bertz CT molecular complexity index is 950. The minimum absolute atomic E-state index is 0.0628. The smallest absolute Gasteiger partial charge is 0.416 e. The van der Waals surface area contributed by atoms with Crippen molar-refractivity contribution in [2.45, 2.75) is 32.9 Å². The van der Waals surface area contributed by atoms with E-state index in [1.54, 1.807) is 31.2 Å². The van der Waals surface area contributed by atoms with Gasteiger partial charge in [-0.25, -0.2) is 4.79 Å². The van der Waals surface area contributed by atoms with Crippen molar-refractivity contribution in [3.63, 3.8) is 0 Å². The molecule has 0 radical (unpaired) electrons. The largest absolute Gasteiger partial charge is 0.496 e. The van der Waals surface area contributed by atoms with E-state index in [0.29, 0.717) is 28.9 Å². The Labute approximate surface area is 178 Å². The van der Waals surface area contributed by atoms with Gasteiger partial charge in [0.05, 0.1) is 25.7 Å². The lowest BCUT2D eigenvalue weighted by Gasteiger charge is -2.12. The molecule has 2 aromatic rings. The molecule has 0 fully saturated rings. The summed E-state index contributed by atoms with van der Waals surface area (Å²) in [4.78, 5) is 24.4. The third kappa shape index (κ3) is 6.87. The number of alkyl halides is 3. The molecule has 0 aromatic heterocycles. The van der Waals surface area contributed by atoms with Crippen LogP contribution in [-0.2, 0) is 26.9 Å². The van der Waals surface area contributed by atoms with Crippen LogP contribution in [0.5, 0.6) is 5.75 Å². The molecule has 2 aromatic carbocycles. The summed E-state index contributed by atoms with van der Waals surface area (Å²) in [6.45, 7) is 3.84. The molecule has 0 aliphatic heterocycles. The maximum atomic E-state index is 12.7. The molecule has 0 saturated carbocycles. The zero-order valence-electron chi connectivity index (χ0n) is 17.5. The van der Waals surface area contributed by atoms with Crippen LogP contribution in [-0.4, -0.2) is 25.6 Å². The number of nitrogens with one attached hydrogen (secondary N) is 1. The predicted molar refractivity (Wildman–Crippen MR) is 112 cm³/mol. The highest BCUT2D eigenvalue weighted by Gasteiger charge is 2.30. The number of ether oxygens (including phenoxy) is 2. The zero-order valence-corrected chi connectivity index (χ0v) is 17.5. The second-order valence-corrected chi connectivity index (χ2v) is 6.61. The van der Waals surface area contributed by atoms with Crippen molar-refractivity contribution in [1.29, 1.82) is 0 Å². The van der Waals surface area contributed by atoms with E-state index >= 15 is 0 Å². The standard InChI is InChI=1S/C23H24F3NO4/c1-4-16(22(29)31-5-2)12-15-6-11-20(30-3)17(13-15)14-21(28)27-19-9-7-18(8-10-19)23(24,25)26/h6-13H,4-5,14H2,1-3H3,(H,27,28)/b16-12+. The molecule has 0 atom stereocenters. The lowest BCUT2D eigenvalue weighted by atomic mass is 10.0. The lowest BCUT2D eigenvalue weighted by Crippen LogP contribution is -2.15. The average molecular weight is 435 g/mol. The molecule has 0 unspecified atom stereocenters. The first-order valence-corrected chi connectivity index (χ1v) is 9.69. The molecule has 31 heavy (non-hydrogen) atoms. The molecular weight excluding hydrogens is 411 g/mol. The van der Waals surface area contributed by atoms with Gasteiger partial charge in [-0.1, -0.05) is 13.0 Å². The van der Waals surface area contributed by atoms with Crippen LogP contribution >= 0.6 is 0 Å². The van der Waals surface area contributed by atoms with Crippen LogP contribution in [0.2, 0.25) is 0 Å². The highest BCUT2D eigenvalue weighted by atomic mass is 19.4. The van der Waals surface area contributed by atoms with Gasteiger partial charge in [0, 0.05) is 16.8 Å². The number of benzene rings is 2. The molecule has 0 spiro atoms. The van der Waals surface area contributed by atoms with Gasteiger partial charge in [-0.3, -0.25) is 4.79 Å². The minimum Gasteiger partial charge on any atom is -0.496 e. The Morgan fingerprint density at radius 3 is 2.29 bits per heavy atom. The first-order valence-electron chi connectivity index (χ1n) is 9.69.